The van der Waals surface area contributed by atoms with E-state index in [1.807, 2.05) is 31.2 Å². The summed E-state index contributed by atoms with van der Waals surface area (Å²) in [5.74, 6) is -0.550. The summed E-state index contributed by atoms with van der Waals surface area (Å²) in [7, 11) is -3.68. The summed E-state index contributed by atoms with van der Waals surface area (Å²) in [5.41, 5.74) is 5.96. The number of hydrazone groups is 1. The fourth-order valence-electron chi connectivity index (χ4n) is 2.42. The molecule has 0 spiro atoms. The van der Waals surface area contributed by atoms with Crippen molar-refractivity contribution < 1.29 is 13.2 Å². The van der Waals surface area contributed by atoms with E-state index >= 15 is 0 Å². The summed E-state index contributed by atoms with van der Waals surface area (Å²) in [6.45, 7) is 5.05. The van der Waals surface area contributed by atoms with Gasteiger partial charge >= 0.3 is 0 Å². The minimum atomic E-state index is -3.68. The molecule has 0 aliphatic carbocycles. The van der Waals surface area contributed by atoms with E-state index in [1.165, 1.54) is 0 Å². The topological polar surface area (TPSA) is 78.8 Å². The van der Waals surface area contributed by atoms with Crippen LogP contribution >= 0.6 is 11.6 Å². The van der Waals surface area contributed by atoms with Crippen molar-refractivity contribution >= 4 is 38.9 Å². The van der Waals surface area contributed by atoms with Crippen LogP contribution in [0.5, 0.6) is 0 Å². The Balaban J connectivity index is 2.18. The van der Waals surface area contributed by atoms with Crippen molar-refractivity contribution in [1.82, 2.24) is 5.43 Å². The number of hydrogen-bond donors (Lipinski definition) is 1. The molecule has 0 saturated carbocycles. The maximum absolute atomic E-state index is 12.3. The van der Waals surface area contributed by atoms with Gasteiger partial charge in [-0.15, -0.1) is 0 Å². The van der Waals surface area contributed by atoms with Crippen molar-refractivity contribution in [2.24, 2.45) is 5.10 Å². The van der Waals surface area contributed by atoms with Gasteiger partial charge in [0.1, 0.15) is 6.54 Å². The Morgan fingerprint density at radius 2 is 1.78 bits per heavy atom. The van der Waals surface area contributed by atoms with Gasteiger partial charge in [0.05, 0.1) is 17.7 Å². The van der Waals surface area contributed by atoms with Gasteiger partial charge in [-0.3, -0.25) is 9.10 Å². The highest BCUT2D eigenvalue weighted by Gasteiger charge is 2.23. The number of benzene rings is 2. The van der Waals surface area contributed by atoms with E-state index in [1.54, 1.807) is 32.0 Å². The van der Waals surface area contributed by atoms with Gasteiger partial charge in [0.25, 0.3) is 5.91 Å². The molecule has 6 nitrogen and oxygen atoms in total. The lowest BCUT2D eigenvalue weighted by molar-refractivity contribution is -0.119. The van der Waals surface area contributed by atoms with Crippen LogP contribution in [-0.2, 0) is 14.8 Å². The average molecular weight is 408 g/mol. The normalized spacial score (nSPS) is 12.0. The summed E-state index contributed by atoms with van der Waals surface area (Å²) in [6.07, 6.45) is 1.04. The van der Waals surface area contributed by atoms with E-state index < -0.39 is 22.5 Å². The van der Waals surface area contributed by atoms with Crippen molar-refractivity contribution in [3.05, 3.63) is 64.2 Å². The maximum Gasteiger partial charge on any atom is 0.260 e. The van der Waals surface area contributed by atoms with Crippen LogP contribution in [0.15, 0.2) is 47.6 Å². The fourth-order valence-corrected chi connectivity index (χ4v) is 3.50. The first-order chi connectivity index (χ1) is 12.6. The number of halogens is 1. The molecule has 0 aromatic heterocycles. The fraction of sp³-hybridized carbons (Fsp3) is 0.263. The summed E-state index contributed by atoms with van der Waals surface area (Å²) in [4.78, 5) is 12.3. The Kier molecular flexibility index (Phi) is 6.62. The zero-order valence-electron chi connectivity index (χ0n) is 15.7. The molecule has 27 heavy (non-hydrogen) atoms. The number of carbonyl (C=O) groups is 1. The van der Waals surface area contributed by atoms with Crippen molar-refractivity contribution in [3.63, 3.8) is 0 Å². The van der Waals surface area contributed by atoms with Gasteiger partial charge in [-0.2, -0.15) is 5.10 Å². The smallest absolute Gasteiger partial charge is 0.260 e. The quantitative estimate of drug-likeness (QED) is 0.589. The summed E-state index contributed by atoms with van der Waals surface area (Å²) in [5, 5.41) is 4.49. The first kappa shape index (κ1) is 20.9. The molecule has 0 aliphatic heterocycles. The Hall–Kier alpha value is -2.38. The van der Waals surface area contributed by atoms with Crippen LogP contribution < -0.4 is 9.73 Å². The number of carbonyl (C=O) groups excluding carboxylic acids is 1. The minimum Gasteiger partial charge on any atom is -0.271 e. The minimum absolute atomic E-state index is 0.361. The van der Waals surface area contributed by atoms with Crippen LogP contribution in [0.2, 0.25) is 5.02 Å². The molecule has 2 aromatic carbocycles. The molecule has 0 radical (unpaired) electrons. The largest absolute Gasteiger partial charge is 0.271 e. The summed E-state index contributed by atoms with van der Waals surface area (Å²) >= 11 is 6.08. The SMILES string of the molecule is C/C(=N/NC(=O)CN(c1cccc(Cl)c1C)S(C)(=O)=O)c1ccc(C)cc1. The van der Waals surface area contributed by atoms with Gasteiger partial charge < -0.3 is 0 Å². The molecule has 0 saturated heterocycles. The van der Waals surface area contributed by atoms with E-state index in [2.05, 4.69) is 10.5 Å². The molecule has 2 rings (SSSR count). The first-order valence-corrected chi connectivity index (χ1v) is 10.4. The van der Waals surface area contributed by atoms with Crippen molar-refractivity contribution in [2.45, 2.75) is 20.8 Å². The summed E-state index contributed by atoms with van der Waals surface area (Å²) < 4.78 is 25.4. The van der Waals surface area contributed by atoms with Crippen LogP contribution in [0.4, 0.5) is 5.69 Å². The Morgan fingerprint density at radius 1 is 1.15 bits per heavy atom. The van der Waals surface area contributed by atoms with Gasteiger partial charge in [0.2, 0.25) is 10.0 Å². The van der Waals surface area contributed by atoms with E-state index in [4.69, 9.17) is 11.6 Å². The van der Waals surface area contributed by atoms with Crippen LogP contribution in [0.3, 0.4) is 0 Å². The highest BCUT2D eigenvalue weighted by Crippen LogP contribution is 2.27. The van der Waals surface area contributed by atoms with Gasteiger partial charge in [0.15, 0.2) is 0 Å². The number of anilines is 1. The van der Waals surface area contributed by atoms with Gasteiger partial charge in [-0.05, 0) is 44.0 Å². The Bertz CT molecular complexity index is 970. The predicted molar refractivity (Wildman–Crippen MR) is 110 cm³/mol. The molecule has 0 unspecified atom stereocenters. The zero-order valence-corrected chi connectivity index (χ0v) is 17.2. The van der Waals surface area contributed by atoms with Crippen LogP contribution in [0.1, 0.15) is 23.6 Å². The highest BCUT2D eigenvalue weighted by atomic mass is 35.5. The number of sulfonamides is 1. The average Bonchev–Trinajstić information content (AvgIpc) is 2.60. The molecule has 1 N–H and O–H groups in total. The molecule has 0 atom stereocenters. The number of rotatable bonds is 6. The van der Waals surface area contributed by atoms with Gasteiger partial charge in [0, 0.05) is 5.02 Å². The number of nitrogens with zero attached hydrogens (tertiary/aromatic N) is 2. The standard InChI is InChI=1S/C19H22ClN3O3S/c1-13-8-10-16(11-9-13)15(3)21-22-19(24)12-23(27(4,25)26)18-7-5-6-17(20)14(18)2/h5-11H,12H2,1-4H3,(H,22,24)/b21-15-. The molecule has 1 amide bonds. The third kappa shape index (κ3) is 5.55. The molecule has 0 bridgehead atoms. The Labute approximate surface area is 164 Å². The highest BCUT2D eigenvalue weighted by molar-refractivity contribution is 7.92. The zero-order chi connectivity index (χ0) is 20.2. The van der Waals surface area contributed by atoms with Crippen molar-refractivity contribution in [3.8, 4) is 0 Å². The van der Waals surface area contributed by atoms with E-state index in [9.17, 15) is 13.2 Å². The summed E-state index contributed by atoms with van der Waals surface area (Å²) in [6, 6.07) is 12.6. The maximum atomic E-state index is 12.3. The van der Waals surface area contributed by atoms with Crippen LogP contribution in [0, 0.1) is 13.8 Å². The molecule has 2 aromatic rings. The molecule has 0 heterocycles. The third-order valence-electron chi connectivity index (χ3n) is 4.01. The van der Waals surface area contributed by atoms with Crippen LogP contribution in [-0.4, -0.2) is 32.8 Å². The molecular formula is C19H22ClN3O3S. The molecule has 144 valence electrons. The number of hydrogen-bond acceptors (Lipinski definition) is 4. The third-order valence-corrected chi connectivity index (χ3v) is 5.55. The number of nitrogens with one attached hydrogen (secondary N) is 1. The predicted octanol–water partition coefficient (Wildman–Crippen LogP) is 3.26. The van der Waals surface area contributed by atoms with E-state index in [0.717, 1.165) is 21.7 Å². The molecule has 0 fully saturated rings. The van der Waals surface area contributed by atoms with E-state index in [0.29, 0.717) is 22.0 Å². The molecular weight excluding hydrogens is 386 g/mol. The monoisotopic (exact) mass is 407 g/mol. The lowest BCUT2D eigenvalue weighted by atomic mass is 10.1. The lowest BCUT2D eigenvalue weighted by Gasteiger charge is -2.23. The van der Waals surface area contributed by atoms with Crippen molar-refractivity contribution in [2.75, 3.05) is 17.1 Å². The van der Waals surface area contributed by atoms with Gasteiger partial charge in [-0.25, -0.2) is 13.8 Å². The number of aryl methyl sites for hydroxylation is 1. The first-order valence-electron chi connectivity index (χ1n) is 8.22. The van der Waals surface area contributed by atoms with Gasteiger partial charge in [-0.1, -0.05) is 47.5 Å². The lowest BCUT2D eigenvalue weighted by Crippen LogP contribution is -2.39. The molecule has 8 heteroatoms. The second kappa shape index (κ2) is 8.54. The van der Waals surface area contributed by atoms with Crippen LogP contribution in [0.25, 0.3) is 0 Å². The molecule has 0 aliphatic rings. The Morgan fingerprint density at radius 3 is 2.37 bits per heavy atom. The second-order valence-electron chi connectivity index (χ2n) is 6.25. The van der Waals surface area contributed by atoms with E-state index in [-0.39, 0.29) is 0 Å². The second-order valence-corrected chi connectivity index (χ2v) is 8.57. The van der Waals surface area contributed by atoms with Crippen molar-refractivity contribution in [1.29, 1.82) is 0 Å². The number of amides is 1.